The highest BCUT2D eigenvalue weighted by Crippen LogP contribution is 2.34. The first-order valence-corrected chi connectivity index (χ1v) is 6.38. The van der Waals surface area contributed by atoms with E-state index < -0.39 is 0 Å². The van der Waals surface area contributed by atoms with Crippen LogP contribution < -0.4 is 0 Å². The molecule has 1 aromatic heterocycles. The van der Waals surface area contributed by atoms with Gasteiger partial charge in [0.05, 0.1) is 4.21 Å². The molecule has 0 unspecified atom stereocenters. The van der Waals surface area contributed by atoms with Crippen molar-refractivity contribution < 1.29 is 0 Å². The number of rotatable bonds is 0. The predicted molar refractivity (Wildman–Crippen MR) is 69.5 cm³/mol. The fourth-order valence-electron chi connectivity index (χ4n) is 1.05. The second kappa shape index (κ2) is 3.48. The van der Waals surface area contributed by atoms with Gasteiger partial charge in [-0.3, -0.25) is 0 Å². The maximum absolute atomic E-state index is 4.32. The van der Waals surface area contributed by atoms with Crippen molar-refractivity contribution in [3.8, 4) is 0 Å². The molecule has 2 aromatic rings. The lowest BCUT2D eigenvalue weighted by molar-refractivity contribution is 1.69. The minimum atomic E-state index is 1.06. The number of halogens is 2. The zero-order valence-corrected chi connectivity index (χ0v) is 11.3. The molecule has 62 valence electrons. The number of benzene rings is 1. The lowest BCUT2D eigenvalue weighted by Crippen LogP contribution is -1.70. The van der Waals surface area contributed by atoms with Crippen LogP contribution in [0.2, 0.25) is 0 Å². The van der Waals surface area contributed by atoms with Gasteiger partial charge in [0.2, 0.25) is 0 Å². The highest BCUT2D eigenvalue weighted by Gasteiger charge is 2.03. The van der Waals surface area contributed by atoms with Crippen molar-refractivity contribution in [2.75, 3.05) is 0 Å². The molecule has 0 aliphatic rings. The van der Waals surface area contributed by atoms with E-state index in [9.17, 15) is 0 Å². The van der Waals surface area contributed by atoms with Crippen LogP contribution in [0.15, 0.2) is 26.9 Å². The van der Waals surface area contributed by atoms with Crippen LogP contribution in [0, 0.1) is 3.57 Å². The summed E-state index contributed by atoms with van der Waals surface area (Å²) in [5.74, 6) is 0. The van der Waals surface area contributed by atoms with Crippen LogP contribution in [0.3, 0.4) is 0 Å². The Labute approximate surface area is 102 Å². The summed E-state index contributed by atoms with van der Waals surface area (Å²) in [4.78, 5) is 0. The van der Waals surface area contributed by atoms with Gasteiger partial charge in [0.1, 0.15) is 0 Å². The SMILES string of the molecule is Sc1cc2c(Br)cc(I)cc2s1. The van der Waals surface area contributed by atoms with Gasteiger partial charge in [0, 0.05) is 18.1 Å². The highest BCUT2D eigenvalue weighted by molar-refractivity contribution is 14.1. The van der Waals surface area contributed by atoms with Gasteiger partial charge in [-0.05, 0) is 40.8 Å². The van der Waals surface area contributed by atoms with Crippen molar-refractivity contribution in [2.45, 2.75) is 4.21 Å². The molecular formula is C8H4BrIS2. The summed E-state index contributed by atoms with van der Waals surface area (Å²) in [5, 5.41) is 1.26. The third-order valence-electron chi connectivity index (χ3n) is 1.54. The summed E-state index contributed by atoms with van der Waals surface area (Å²) >= 11 is 11.9. The molecule has 0 N–H and O–H groups in total. The Kier molecular flexibility index (Phi) is 2.69. The van der Waals surface area contributed by atoms with E-state index in [-0.39, 0.29) is 0 Å². The van der Waals surface area contributed by atoms with E-state index in [1.54, 1.807) is 11.3 Å². The Bertz CT molecular complexity index is 436. The molecule has 2 rings (SSSR count). The van der Waals surface area contributed by atoms with Gasteiger partial charge >= 0.3 is 0 Å². The summed E-state index contributed by atoms with van der Waals surface area (Å²) < 4.78 is 4.76. The Morgan fingerprint density at radius 1 is 1.33 bits per heavy atom. The smallest absolute Gasteiger partial charge is 0.0581 e. The fourth-order valence-corrected chi connectivity index (χ4v) is 4.31. The second-order valence-electron chi connectivity index (χ2n) is 2.38. The number of thiol groups is 1. The van der Waals surface area contributed by atoms with Crippen molar-refractivity contribution in [3.63, 3.8) is 0 Å². The van der Waals surface area contributed by atoms with Crippen molar-refractivity contribution in [1.82, 2.24) is 0 Å². The van der Waals surface area contributed by atoms with Crippen LogP contribution in [-0.2, 0) is 0 Å². The van der Waals surface area contributed by atoms with Gasteiger partial charge in [0.25, 0.3) is 0 Å². The molecule has 0 spiro atoms. The van der Waals surface area contributed by atoms with E-state index in [2.05, 4.69) is 69.3 Å². The normalized spacial score (nSPS) is 10.9. The molecular weight excluding hydrogens is 367 g/mol. The number of fused-ring (bicyclic) bond motifs is 1. The van der Waals surface area contributed by atoms with Crippen molar-refractivity contribution >= 4 is 72.6 Å². The average Bonchev–Trinajstić information content (AvgIpc) is 2.29. The summed E-state index contributed by atoms with van der Waals surface area (Å²) in [5.41, 5.74) is 0. The molecule has 0 aliphatic heterocycles. The van der Waals surface area contributed by atoms with Gasteiger partial charge in [-0.25, -0.2) is 0 Å². The van der Waals surface area contributed by atoms with Gasteiger partial charge in [-0.2, -0.15) is 0 Å². The van der Waals surface area contributed by atoms with Crippen LogP contribution in [0.1, 0.15) is 0 Å². The summed E-state index contributed by atoms with van der Waals surface area (Å²) in [6.07, 6.45) is 0. The molecule has 0 saturated carbocycles. The fraction of sp³-hybridized carbons (Fsp3) is 0. The summed E-state index contributed by atoms with van der Waals surface area (Å²) in [6, 6.07) is 6.37. The number of hydrogen-bond acceptors (Lipinski definition) is 2. The third-order valence-corrected chi connectivity index (χ3v) is 4.11. The monoisotopic (exact) mass is 370 g/mol. The number of thiophene rings is 1. The largest absolute Gasteiger partial charge is 0.133 e. The van der Waals surface area contributed by atoms with E-state index >= 15 is 0 Å². The topological polar surface area (TPSA) is 0 Å². The molecule has 0 radical (unpaired) electrons. The molecule has 4 heteroatoms. The zero-order valence-electron chi connectivity index (χ0n) is 5.84. The molecule has 0 saturated heterocycles. The molecule has 0 aliphatic carbocycles. The van der Waals surface area contributed by atoms with Crippen LogP contribution in [0.25, 0.3) is 10.1 Å². The molecule has 0 nitrogen and oxygen atoms in total. The van der Waals surface area contributed by atoms with Crippen molar-refractivity contribution in [2.24, 2.45) is 0 Å². The van der Waals surface area contributed by atoms with Gasteiger partial charge < -0.3 is 0 Å². The molecule has 1 aromatic carbocycles. The molecule has 0 bridgehead atoms. The van der Waals surface area contributed by atoms with Gasteiger partial charge in [-0.1, -0.05) is 15.9 Å². The standard InChI is InChI=1S/C8H4BrIS2/c9-6-1-4(10)2-7-5(6)3-8(11)12-7/h1-3,11H. The minimum absolute atomic E-state index is 1.06. The van der Waals surface area contributed by atoms with E-state index in [4.69, 9.17) is 0 Å². The molecule has 0 amide bonds. The van der Waals surface area contributed by atoms with E-state index in [1.165, 1.54) is 13.7 Å². The van der Waals surface area contributed by atoms with Crippen LogP contribution >= 0.6 is 62.5 Å². The summed E-state index contributed by atoms with van der Waals surface area (Å²) in [7, 11) is 0. The third kappa shape index (κ3) is 1.66. The highest BCUT2D eigenvalue weighted by atomic mass is 127. The molecule has 0 atom stereocenters. The Morgan fingerprint density at radius 3 is 2.83 bits per heavy atom. The Balaban J connectivity index is 2.88. The van der Waals surface area contributed by atoms with Gasteiger partial charge in [-0.15, -0.1) is 24.0 Å². The molecule has 0 fully saturated rings. The van der Waals surface area contributed by atoms with Crippen LogP contribution in [0.4, 0.5) is 0 Å². The van der Waals surface area contributed by atoms with E-state index in [0.717, 1.165) is 8.68 Å². The molecule has 1 heterocycles. The number of hydrogen-bond donors (Lipinski definition) is 1. The van der Waals surface area contributed by atoms with Crippen LogP contribution in [0.5, 0.6) is 0 Å². The molecule has 12 heavy (non-hydrogen) atoms. The minimum Gasteiger partial charge on any atom is -0.133 e. The predicted octanol–water partition coefficient (Wildman–Crippen LogP) is 4.56. The first-order chi connectivity index (χ1) is 5.66. The lowest BCUT2D eigenvalue weighted by Gasteiger charge is -1.94. The lowest BCUT2D eigenvalue weighted by atomic mass is 10.3. The maximum Gasteiger partial charge on any atom is 0.0581 e. The quantitative estimate of drug-likeness (QED) is 0.510. The van der Waals surface area contributed by atoms with E-state index in [0.29, 0.717) is 0 Å². The maximum atomic E-state index is 4.32. The van der Waals surface area contributed by atoms with E-state index in [1.807, 2.05) is 0 Å². The first kappa shape index (κ1) is 9.30. The van der Waals surface area contributed by atoms with Gasteiger partial charge in [0.15, 0.2) is 0 Å². The van der Waals surface area contributed by atoms with Crippen molar-refractivity contribution in [3.05, 3.63) is 26.2 Å². The summed E-state index contributed by atoms with van der Waals surface area (Å²) in [6.45, 7) is 0. The zero-order chi connectivity index (χ0) is 8.72. The Morgan fingerprint density at radius 2 is 2.08 bits per heavy atom. The average molecular weight is 371 g/mol. The van der Waals surface area contributed by atoms with Crippen molar-refractivity contribution in [1.29, 1.82) is 0 Å². The first-order valence-electron chi connectivity index (χ1n) is 3.24. The second-order valence-corrected chi connectivity index (χ2v) is 6.35. The van der Waals surface area contributed by atoms with Crippen LogP contribution in [-0.4, -0.2) is 0 Å². The Hall–Kier alpha value is 0.740.